The molecule has 3 heterocycles. The van der Waals surface area contributed by atoms with Crippen LogP contribution in [0.5, 0.6) is 0 Å². The van der Waals surface area contributed by atoms with E-state index in [0.29, 0.717) is 10.7 Å². The first kappa shape index (κ1) is 19.0. The molecule has 0 spiro atoms. The largest absolute Gasteiger partial charge is 0.285 e. The third-order valence-corrected chi connectivity index (χ3v) is 5.29. The van der Waals surface area contributed by atoms with Crippen LogP contribution >= 0.6 is 11.8 Å². The molecule has 0 atom stereocenters. The van der Waals surface area contributed by atoms with Crippen molar-refractivity contribution < 1.29 is 10.0 Å². The molecule has 7 heteroatoms. The number of aryl methyl sites for hydroxylation is 2. The lowest BCUT2D eigenvalue weighted by Gasteiger charge is -2.13. The topological polar surface area (TPSA) is 78.2 Å². The standard InChI is InChI=1S/C22H18N4O2S/c1-14-10-15(2)12-18(11-14)19-20(16-5-8-26(28)9-6-16)29-22(24-19)25-21(27)17-4-3-7-23-13-17/h3-13,28H,1-2H3. The molecule has 1 aromatic carbocycles. The Bertz CT molecular complexity index is 1090. The zero-order valence-electron chi connectivity index (χ0n) is 15.9. The van der Waals surface area contributed by atoms with Crippen molar-refractivity contribution >= 4 is 28.5 Å². The second-order valence-corrected chi connectivity index (χ2v) is 7.65. The molecular formula is C22H18N4O2S. The predicted molar refractivity (Wildman–Crippen MR) is 115 cm³/mol. The van der Waals surface area contributed by atoms with Crippen LogP contribution in [0.15, 0.2) is 87.7 Å². The number of carbonyl (C=O) groups excluding carboxylic acids is 1. The number of carbonyl (C=O) groups is 1. The lowest BCUT2D eigenvalue weighted by Crippen LogP contribution is -2.07. The van der Waals surface area contributed by atoms with Crippen molar-refractivity contribution in [1.82, 2.24) is 10.0 Å². The number of hydroxylamine groups is 2. The van der Waals surface area contributed by atoms with Gasteiger partial charge < -0.3 is 0 Å². The molecule has 0 fully saturated rings. The number of aliphatic imine (C=N–C) groups is 2. The van der Waals surface area contributed by atoms with Gasteiger partial charge in [-0.15, -0.1) is 0 Å². The van der Waals surface area contributed by atoms with Gasteiger partial charge in [-0.2, -0.15) is 4.99 Å². The Morgan fingerprint density at radius 2 is 1.86 bits per heavy atom. The van der Waals surface area contributed by atoms with E-state index in [1.165, 1.54) is 18.0 Å². The van der Waals surface area contributed by atoms with Crippen LogP contribution in [-0.2, 0) is 0 Å². The molecule has 1 aromatic heterocycles. The number of hydrogen-bond acceptors (Lipinski definition) is 5. The minimum absolute atomic E-state index is 0.378. The number of thioether (sulfide) groups is 1. The van der Waals surface area contributed by atoms with Crippen LogP contribution < -0.4 is 0 Å². The molecule has 2 aromatic rings. The van der Waals surface area contributed by atoms with Crippen molar-refractivity contribution in [3.8, 4) is 0 Å². The van der Waals surface area contributed by atoms with Crippen LogP contribution in [0.3, 0.4) is 0 Å². The quantitative estimate of drug-likeness (QED) is 0.805. The average Bonchev–Trinajstić information content (AvgIpc) is 3.12. The second kappa shape index (κ2) is 7.98. The lowest BCUT2D eigenvalue weighted by atomic mass is 10.0. The van der Waals surface area contributed by atoms with Gasteiger partial charge in [0.2, 0.25) is 0 Å². The Balaban J connectivity index is 1.78. The van der Waals surface area contributed by atoms with E-state index >= 15 is 0 Å². The Morgan fingerprint density at radius 3 is 2.52 bits per heavy atom. The maximum atomic E-state index is 12.5. The van der Waals surface area contributed by atoms with Crippen LogP contribution in [0.25, 0.3) is 0 Å². The fourth-order valence-electron chi connectivity index (χ4n) is 3.07. The summed E-state index contributed by atoms with van der Waals surface area (Å²) in [6.45, 7) is 4.08. The summed E-state index contributed by atoms with van der Waals surface area (Å²) in [5.41, 5.74) is 5.28. The van der Waals surface area contributed by atoms with Gasteiger partial charge in [0, 0.05) is 35.3 Å². The monoisotopic (exact) mass is 402 g/mol. The molecule has 0 unspecified atom stereocenters. The molecule has 0 saturated carbocycles. The van der Waals surface area contributed by atoms with Crippen molar-refractivity contribution in [2.75, 3.05) is 0 Å². The van der Waals surface area contributed by atoms with Crippen molar-refractivity contribution in [3.63, 3.8) is 0 Å². The van der Waals surface area contributed by atoms with Crippen molar-refractivity contribution in [2.24, 2.45) is 9.98 Å². The predicted octanol–water partition coefficient (Wildman–Crippen LogP) is 4.42. The van der Waals surface area contributed by atoms with Gasteiger partial charge in [0.15, 0.2) is 5.17 Å². The number of hydrogen-bond donors (Lipinski definition) is 1. The van der Waals surface area contributed by atoms with Gasteiger partial charge in [0.25, 0.3) is 5.91 Å². The van der Waals surface area contributed by atoms with E-state index in [0.717, 1.165) is 37.9 Å². The molecule has 6 nitrogen and oxygen atoms in total. The van der Waals surface area contributed by atoms with Crippen LogP contribution in [0, 0.1) is 13.8 Å². The van der Waals surface area contributed by atoms with Gasteiger partial charge in [-0.3, -0.25) is 15.0 Å². The highest BCUT2D eigenvalue weighted by Gasteiger charge is 2.25. The Labute approximate surface area is 172 Å². The third kappa shape index (κ3) is 4.26. The maximum absolute atomic E-state index is 12.5. The first-order valence-corrected chi connectivity index (χ1v) is 9.78. The smallest absolute Gasteiger partial charge is 0.281 e. The number of benzene rings is 1. The summed E-state index contributed by atoms with van der Waals surface area (Å²) in [4.78, 5) is 26.2. The van der Waals surface area contributed by atoms with E-state index in [2.05, 4.69) is 33.2 Å². The van der Waals surface area contributed by atoms with Gasteiger partial charge in [-0.25, -0.2) is 10.1 Å². The summed E-state index contributed by atoms with van der Waals surface area (Å²) in [7, 11) is 0. The molecule has 0 aliphatic carbocycles. The van der Waals surface area contributed by atoms with Crippen LogP contribution in [0.2, 0.25) is 0 Å². The van der Waals surface area contributed by atoms with Crippen molar-refractivity contribution in [3.05, 3.63) is 100 Å². The van der Waals surface area contributed by atoms with Crippen molar-refractivity contribution in [2.45, 2.75) is 13.8 Å². The third-order valence-electron chi connectivity index (χ3n) is 4.29. The Kier molecular flexibility index (Phi) is 5.24. The van der Waals surface area contributed by atoms with Crippen LogP contribution in [0.1, 0.15) is 27.0 Å². The van der Waals surface area contributed by atoms with Gasteiger partial charge in [-0.1, -0.05) is 17.2 Å². The maximum Gasteiger partial charge on any atom is 0.281 e. The molecule has 2 aliphatic rings. The highest BCUT2D eigenvalue weighted by Crippen LogP contribution is 2.35. The number of nitrogens with zero attached hydrogens (tertiary/aromatic N) is 4. The summed E-state index contributed by atoms with van der Waals surface area (Å²) in [6.07, 6.45) is 9.80. The molecule has 2 aliphatic heterocycles. The van der Waals surface area contributed by atoms with E-state index in [4.69, 9.17) is 0 Å². The number of rotatable bonds is 2. The summed E-state index contributed by atoms with van der Waals surface area (Å²) in [5.74, 6) is -0.383. The van der Waals surface area contributed by atoms with Crippen molar-refractivity contribution in [1.29, 1.82) is 0 Å². The number of pyridine rings is 1. The number of allylic oxidation sites excluding steroid dienone is 4. The Hall–Kier alpha value is -3.29. The fraction of sp³-hybridized carbons (Fsp3) is 0.0909. The minimum Gasteiger partial charge on any atom is -0.285 e. The van der Waals surface area contributed by atoms with E-state index in [1.807, 2.05) is 13.8 Å². The number of aromatic nitrogens is 1. The highest BCUT2D eigenvalue weighted by atomic mass is 32.2. The number of amidine groups is 1. The molecule has 4 rings (SSSR count). The molecule has 29 heavy (non-hydrogen) atoms. The SMILES string of the molecule is Cc1cc(C)cc(C2=NC(=NC(=O)c3cccnc3)SC2=C2C=CN(O)C=C2)c1. The van der Waals surface area contributed by atoms with Gasteiger partial charge in [0.1, 0.15) is 0 Å². The summed E-state index contributed by atoms with van der Waals surface area (Å²) in [5, 5.41) is 10.9. The van der Waals surface area contributed by atoms with E-state index < -0.39 is 0 Å². The van der Waals surface area contributed by atoms with Gasteiger partial charge in [0.05, 0.1) is 11.3 Å². The molecule has 144 valence electrons. The second-order valence-electron chi connectivity index (χ2n) is 6.68. The minimum atomic E-state index is -0.383. The molecule has 1 amide bonds. The highest BCUT2D eigenvalue weighted by molar-refractivity contribution is 8.18. The Morgan fingerprint density at radius 1 is 1.14 bits per heavy atom. The van der Waals surface area contributed by atoms with E-state index in [9.17, 15) is 10.0 Å². The molecule has 0 saturated heterocycles. The molecular weight excluding hydrogens is 384 g/mol. The van der Waals surface area contributed by atoms with Gasteiger partial charge in [-0.05, 0) is 67.6 Å². The fourth-order valence-corrected chi connectivity index (χ4v) is 4.03. The molecule has 1 N–H and O–H groups in total. The normalized spacial score (nSPS) is 17.3. The summed E-state index contributed by atoms with van der Waals surface area (Å²) in [6, 6.07) is 9.60. The average molecular weight is 402 g/mol. The van der Waals surface area contributed by atoms with E-state index in [-0.39, 0.29) is 5.91 Å². The lowest BCUT2D eigenvalue weighted by molar-refractivity contribution is 0.0105. The van der Waals surface area contributed by atoms with E-state index in [1.54, 1.807) is 42.9 Å². The summed E-state index contributed by atoms with van der Waals surface area (Å²) >= 11 is 1.34. The van der Waals surface area contributed by atoms with Gasteiger partial charge >= 0.3 is 0 Å². The summed E-state index contributed by atoms with van der Waals surface area (Å²) < 4.78 is 0. The first-order chi connectivity index (χ1) is 14.0. The number of amides is 1. The molecule has 0 radical (unpaired) electrons. The van der Waals surface area contributed by atoms with Crippen LogP contribution in [-0.4, -0.2) is 32.0 Å². The van der Waals surface area contributed by atoms with Crippen LogP contribution in [0.4, 0.5) is 0 Å². The zero-order valence-corrected chi connectivity index (χ0v) is 16.7. The molecule has 0 bridgehead atoms. The first-order valence-electron chi connectivity index (χ1n) is 8.96. The zero-order chi connectivity index (χ0) is 20.4.